The van der Waals surface area contributed by atoms with Crippen LogP contribution in [0.2, 0.25) is 0 Å². The number of rotatable bonds is 3. The molecule has 1 aromatic heterocycles. The number of hydrogen-bond acceptors (Lipinski definition) is 3. The van der Waals surface area contributed by atoms with Gasteiger partial charge in [-0.25, -0.2) is 9.37 Å². The average Bonchev–Trinajstić information content (AvgIpc) is 2.64. The lowest BCUT2D eigenvalue weighted by molar-refractivity contribution is 0.618. The van der Waals surface area contributed by atoms with Gasteiger partial charge in [0.25, 0.3) is 0 Å². The number of halogens is 1. The molecule has 0 amide bonds. The molecule has 0 saturated carbocycles. The number of aromatic nitrogens is 2. The van der Waals surface area contributed by atoms with Crippen molar-refractivity contribution in [3.05, 3.63) is 42.0 Å². The SMILES string of the molecule is Cn1ccnc1SCc1c(N)cccc1F. The quantitative estimate of drug-likeness (QED) is 0.658. The minimum atomic E-state index is -0.262. The predicted molar refractivity (Wildman–Crippen MR) is 63.6 cm³/mol. The van der Waals surface area contributed by atoms with Gasteiger partial charge >= 0.3 is 0 Å². The molecule has 0 atom stereocenters. The molecule has 0 bridgehead atoms. The first kappa shape index (κ1) is 11.0. The van der Waals surface area contributed by atoms with Gasteiger partial charge in [0.1, 0.15) is 5.82 Å². The lowest BCUT2D eigenvalue weighted by atomic mass is 10.2. The van der Waals surface area contributed by atoms with Crippen molar-refractivity contribution in [2.45, 2.75) is 10.9 Å². The smallest absolute Gasteiger partial charge is 0.167 e. The minimum Gasteiger partial charge on any atom is -0.398 e. The molecule has 84 valence electrons. The van der Waals surface area contributed by atoms with E-state index in [4.69, 9.17) is 5.73 Å². The van der Waals surface area contributed by atoms with E-state index in [1.54, 1.807) is 18.3 Å². The summed E-state index contributed by atoms with van der Waals surface area (Å²) in [6, 6.07) is 4.74. The molecule has 1 aromatic carbocycles. The van der Waals surface area contributed by atoms with E-state index in [-0.39, 0.29) is 5.82 Å². The molecule has 2 aromatic rings. The van der Waals surface area contributed by atoms with E-state index in [0.29, 0.717) is 17.0 Å². The normalized spacial score (nSPS) is 10.6. The number of benzene rings is 1. The van der Waals surface area contributed by atoms with Gasteiger partial charge < -0.3 is 10.3 Å². The Bertz CT molecular complexity index is 475. The number of imidazole rings is 1. The second-order valence-corrected chi connectivity index (χ2v) is 4.36. The number of thioether (sulfide) groups is 1. The molecule has 1 heterocycles. The summed E-state index contributed by atoms with van der Waals surface area (Å²) in [7, 11) is 1.90. The van der Waals surface area contributed by atoms with E-state index < -0.39 is 0 Å². The van der Waals surface area contributed by atoms with Gasteiger partial charge in [-0.1, -0.05) is 17.8 Å². The molecule has 0 spiro atoms. The molecule has 2 N–H and O–H groups in total. The zero-order valence-corrected chi connectivity index (χ0v) is 9.67. The lowest BCUT2D eigenvalue weighted by Crippen LogP contribution is -1.97. The third-order valence-electron chi connectivity index (χ3n) is 2.28. The van der Waals surface area contributed by atoms with Gasteiger partial charge in [-0.05, 0) is 12.1 Å². The summed E-state index contributed by atoms with van der Waals surface area (Å²) in [4.78, 5) is 4.15. The minimum absolute atomic E-state index is 0.262. The highest BCUT2D eigenvalue weighted by Gasteiger charge is 2.08. The Morgan fingerprint density at radius 2 is 2.31 bits per heavy atom. The van der Waals surface area contributed by atoms with Crippen LogP contribution in [-0.4, -0.2) is 9.55 Å². The van der Waals surface area contributed by atoms with E-state index in [0.717, 1.165) is 5.16 Å². The first-order chi connectivity index (χ1) is 7.68. The van der Waals surface area contributed by atoms with Crippen molar-refractivity contribution < 1.29 is 4.39 Å². The van der Waals surface area contributed by atoms with Gasteiger partial charge in [0.15, 0.2) is 5.16 Å². The van der Waals surface area contributed by atoms with Gasteiger partial charge in [0.2, 0.25) is 0 Å². The number of aryl methyl sites for hydroxylation is 1. The second kappa shape index (κ2) is 4.57. The molecule has 0 aliphatic heterocycles. The Balaban J connectivity index is 2.14. The van der Waals surface area contributed by atoms with Crippen LogP contribution in [0.3, 0.4) is 0 Å². The van der Waals surface area contributed by atoms with Gasteiger partial charge in [0.05, 0.1) is 0 Å². The van der Waals surface area contributed by atoms with Crippen molar-refractivity contribution in [1.82, 2.24) is 9.55 Å². The monoisotopic (exact) mass is 237 g/mol. The molecule has 2 rings (SSSR count). The third-order valence-corrected chi connectivity index (χ3v) is 3.36. The van der Waals surface area contributed by atoms with Crippen LogP contribution in [0.1, 0.15) is 5.56 Å². The molecule has 16 heavy (non-hydrogen) atoms. The molecular formula is C11H12FN3S. The summed E-state index contributed by atoms with van der Waals surface area (Å²) in [6.07, 6.45) is 3.57. The van der Waals surface area contributed by atoms with Crippen LogP contribution in [0.15, 0.2) is 35.7 Å². The van der Waals surface area contributed by atoms with Crippen LogP contribution in [0.5, 0.6) is 0 Å². The highest BCUT2D eigenvalue weighted by molar-refractivity contribution is 7.98. The molecule has 0 saturated heterocycles. The maximum absolute atomic E-state index is 13.5. The lowest BCUT2D eigenvalue weighted by Gasteiger charge is -2.06. The van der Waals surface area contributed by atoms with Crippen LogP contribution in [0.4, 0.5) is 10.1 Å². The second-order valence-electron chi connectivity index (χ2n) is 3.42. The molecular weight excluding hydrogens is 225 g/mol. The van der Waals surface area contributed by atoms with Crippen LogP contribution in [0.25, 0.3) is 0 Å². The van der Waals surface area contributed by atoms with Crippen LogP contribution in [0, 0.1) is 5.82 Å². The summed E-state index contributed by atoms with van der Waals surface area (Å²) < 4.78 is 15.3. The average molecular weight is 237 g/mol. The predicted octanol–water partition coefficient (Wildman–Crippen LogP) is 2.43. The molecule has 0 aliphatic carbocycles. The molecule has 0 unspecified atom stereocenters. The van der Waals surface area contributed by atoms with Crippen LogP contribution in [-0.2, 0) is 12.8 Å². The zero-order valence-electron chi connectivity index (χ0n) is 8.85. The van der Waals surface area contributed by atoms with Crippen molar-refractivity contribution in [3.63, 3.8) is 0 Å². The first-order valence-corrected chi connectivity index (χ1v) is 5.80. The molecule has 0 radical (unpaired) electrons. The number of nitrogens with zero attached hydrogens (tertiary/aromatic N) is 2. The zero-order chi connectivity index (χ0) is 11.5. The maximum atomic E-state index is 13.5. The van der Waals surface area contributed by atoms with E-state index in [2.05, 4.69) is 4.98 Å². The highest BCUT2D eigenvalue weighted by Crippen LogP contribution is 2.25. The summed E-state index contributed by atoms with van der Waals surface area (Å²) in [5, 5.41) is 0.850. The molecule has 0 fully saturated rings. The summed E-state index contributed by atoms with van der Waals surface area (Å²) in [5.41, 5.74) is 6.74. The Morgan fingerprint density at radius 3 is 2.94 bits per heavy atom. The van der Waals surface area contributed by atoms with Crippen molar-refractivity contribution in [1.29, 1.82) is 0 Å². The topological polar surface area (TPSA) is 43.8 Å². The summed E-state index contributed by atoms with van der Waals surface area (Å²) >= 11 is 1.47. The van der Waals surface area contributed by atoms with Crippen molar-refractivity contribution in [3.8, 4) is 0 Å². The van der Waals surface area contributed by atoms with E-state index in [1.165, 1.54) is 17.8 Å². The number of nitrogen functional groups attached to an aromatic ring is 1. The molecule has 5 heteroatoms. The van der Waals surface area contributed by atoms with E-state index in [9.17, 15) is 4.39 Å². The fourth-order valence-corrected chi connectivity index (χ4v) is 2.33. The fourth-order valence-electron chi connectivity index (χ4n) is 1.36. The maximum Gasteiger partial charge on any atom is 0.167 e. The van der Waals surface area contributed by atoms with Gasteiger partial charge in [0, 0.05) is 36.4 Å². The largest absolute Gasteiger partial charge is 0.398 e. The summed E-state index contributed by atoms with van der Waals surface area (Å²) in [6.45, 7) is 0. The highest BCUT2D eigenvalue weighted by atomic mass is 32.2. The summed E-state index contributed by atoms with van der Waals surface area (Å²) in [5.74, 6) is 0.227. The van der Waals surface area contributed by atoms with Crippen LogP contribution < -0.4 is 5.73 Å². The van der Waals surface area contributed by atoms with Crippen molar-refractivity contribution >= 4 is 17.4 Å². The number of hydrogen-bond donors (Lipinski definition) is 1. The van der Waals surface area contributed by atoms with Crippen molar-refractivity contribution in [2.75, 3.05) is 5.73 Å². The Kier molecular flexibility index (Phi) is 3.14. The van der Waals surface area contributed by atoms with E-state index >= 15 is 0 Å². The van der Waals surface area contributed by atoms with Crippen LogP contribution >= 0.6 is 11.8 Å². The Hall–Kier alpha value is -1.49. The first-order valence-electron chi connectivity index (χ1n) is 4.81. The van der Waals surface area contributed by atoms with E-state index in [1.807, 2.05) is 17.8 Å². The van der Waals surface area contributed by atoms with Gasteiger partial charge in [-0.3, -0.25) is 0 Å². The van der Waals surface area contributed by atoms with Gasteiger partial charge in [-0.2, -0.15) is 0 Å². The van der Waals surface area contributed by atoms with Gasteiger partial charge in [-0.15, -0.1) is 0 Å². The molecule has 0 aliphatic rings. The Labute approximate surface area is 97.5 Å². The number of anilines is 1. The molecule has 3 nitrogen and oxygen atoms in total. The van der Waals surface area contributed by atoms with Crippen molar-refractivity contribution in [2.24, 2.45) is 7.05 Å². The Morgan fingerprint density at radius 1 is 1.50 bits per heavy atom. The third kappa shape index (κ3) is 2.19. The standard InChI is InChI=1S/C11H12FN3S/c1-15-6-5-14-11(15)16-7-8-9(12)3-2-4-10(8)13/h2-6H,7,13H2,1H3. The number of nitrogens with two attached hydrogens (primary N) is 1. The fraction of sp³-hybridized carbons (Fsp3) is 0.182.